The molecule has 0 bridgehead atoms. The van der Waals surface area contributed by atoms with Gasteiger partial charge in [-0.05, 0) is 12.8 Å². The van der Waals surface area contributed by atoms with Gasteiger partial charge in [0.05, 0.1) is 13.3 Å². The molecular weight excluding hydrogens is 102 g/mol. The van der Waals surface area contributed by atoms with Crippen molar-refractivity contribution in [2.24, 2.45) is 0 Å². The highest BCUT2D eigenvalue weighted by Crippen LogP contribution is 1.89. The van der Waals surface area contributed by atoms with E-state index in [9.17, 15) is 4.79 Å². The fraction of sp³-hybridized carbons (Fsp3) is 0.667. The molecule has 0 aliphatic heterocycles. The van der Waals surface area contributed by atoms with E-state index in [1.165, 1.54) is 0 Å². The van der Waals surface area contributed by atoms with Crippen molar-refractivity contribution in [2.75, 3.05) is 6.54 Å². The molecular formula is C6H12NO+. The molecule has 0 rings (SSSR count). The number of hydrogen-bond donors (Lipinski definition) is 1. The molecule has 0 heterocycles. The minimum absolute atomic E-state index is 0.725. The van der Waals surface area contributed by atoms with Gasteiger partial charge in [-0.2, -0.15) is 0 Å². The molecule has 0 aromatic heterocycles. The summed E-state index contributed by atoms with van der Waals surface area (Å²) in [5.41, 5.74) is 0. The van der Waals surface area contributed by atoms with Crippen molar-refractivity contribution in [3.63, 3.8) is 0 Å². The van der Waals surface area contributed by atoms with Crippen LogP contribution in [-0.2, 0) is 4.79 Å². The number of carbonyl (C=O) groups excluding carboxylic acids is 1. The molecule has 2 heteroatoms. The Hall–Kier alpha value is -0.660. The lowest BCUT2D eigenvalue weighted by atomic mass is 10.2. The van der Waals surface area contributed by atoms with Gasteiger partial charge in [0.25, 0.3) is 0 Å². The summed E-state index contributed by atoms with van der Waals surface area (Å²) in [7, 11) is 0. The van der Waals surface area contributed by atoms with Crippen molar-refractivity contribution < 1.29 is 4.79 Å². The van der Waals surface area contributed by atoms with Crippen LogP contribution in [0.1, 0.15) is 19.3 Å². The first-order valence-electron chi connectivity index (χ1n) is 2.88. The second kappa shape index (κ2) is 6.34. The first-order valence-corrected chi connectivity index (χ1v) is 2.88. The molecule has 0 aliphatic carbocycles. The highest BCUT2D eigenvalue weighted by atomic mass is 16.1. The summed E-state index contributed by atoms with van der Waals surface area (Å²) in [5, 5.41) is 2.57. The summed E-state index contributed by atoms with van der Waals surface area (Å²) in [4.78, 5) is 9.64. The quantitative estimate of drug-likeness (QED) is 0.319. The maximum absolute atomic E-state index is 9.64. The average Bonchev–Trinajstić information content (AvgIpc) is 1.81. The topological polar surface area (TPSA) is 29.1 Å². The fourth-order valence-corrected chi connectivity index (χ4v) is 0.463. The number of amides is 1. The molecule has 2 nitrogen and oxygen atoms in total. The molecule has 0 saturated carbocycles. The molecule has 0 unspecified atom stereocenters. The highest BCUT2D eigenvalue weighted by molar-refractivity contribution is 5.45. The molecule has 0 aromatic rings. The standard InChI is InChI=1S/C6H11NO/c1-2-3-4-5-7-6-8/h6H,1-5H2/p+1. The van der Waals surface area contributed by atoms with Crippen molar-refractivity contribution in [2.45, 2.75) is 19.3 Å². The Morgan fingerprint density at radius 3 is 2.75 bits per heavy atom. The minimum Gasteiger partial charge on any atom is -0.359 e. The fourth-order valence-electron chi connectivity index (χ4n) is 0.463. The molecule has 1 N–H and O–H groups in total. The third-order valence-electron chi connectivity index (χ3n) is 0.904. The molecule has 0 aliphatic rings. The lowest BCUT2D eigenvalue weighted by Crippen LogP contribution is -2.11. The van der Waals surface area contributed by atoms with Crippen LogP contribution in [0.5, 0.6) is 0 Å². The summed E-state index contributed by atoms with van der Waals surface area (Å²) in [6, 6.07) is 0. The molecule has 0 radical (unpaired) electrons. The van der Waals surface area contributed by atoms with Crippen molar-refractivity contribution in [3.8, 4) is 0 Å². The molecule has 0 saturated heterocycles. The van der Waals surface area contributed by atoms with E-state index in [0.29, 0.717) is 0 Å². The maximum Gasteiger partial charge on any atom is 0.207 e. The van der Waals surface area contributed by atoms with Gasteiger partial charge in [-0.3, -0.25) is 4.79 Å². The third kappa shape index (κ3) is 5.34. The van der Waals surface area contributed by atoms with Crippen molar-refractivity contribution >= 4 is 6.41 Å². The predicted molar refractivity (Wildman–Crippen MR) is 33.3 cm³/mol. The van der Waals surface area contributed by atoms with E-state index in [2.05, 4.69) is 12.2 Å². The van der Waals surface area contributed by atoms with E-state index < -0.39 is 0 Å². The average molecular weight is 114 g/mol. The van der Waals surface area contributed by atoms with Gasteiger partial charge in [0, 0.05) is 6.54 Å². The molecule has 0 aromatic carbocycles. The zero-order chi connectivity index (χ0) is 6.24. The van der Waals surface area contributed by atoms with Gasteiger partial charge in [-0.25, -0.2) is 0 Å². The van der Waals surface area contributed by atoms with Crippen LogP contribution in [0, 0.1) is 6.92 Å². The number of hydrogen-bond acceptors (Lipinski definition) is 1. The normalized spacial score (nSPS) is 8.50. The van der Waals surface area contributed by atoms with E-state index in [0.717, 1.165) is 32.2 Å². The lowest BCUT2D eigenvalue weighted by molar-refractivity contribution is -0.109. The van der Waals surface area contributed by atoms with Gasteiger partial charge in [0.2, 0.25) is 6.41 Å². The third-order valence-corrected chi connectivity index (χ3v) is 0.904. The SMILES string of the molecule is [CH2+]CCCCNC=O. The van der Waals surface area contributed by atoms with Crippen LogP contribution in [-0.4, -0.2) is 13.0 Å². The number of unbranched alkanes of at least 4 members (excludes halogenated alkanes) is 2. The summed E-state index contributed by atoms with van der Waals surface area (Å²) in [6.07, 6.45) is 3.83. The molecule has 0 fully saturated rings. The first kappa shape index (κ1) is 7.34. The van der Waals surface area contributed by atoms with E-state index in [4.69, 9.17) is 0 Å². The van der Waals surface area contributed by atoms with E-state index in [1.54, 1.807) is 0 Å². The van der Waals surface area contributed by atoms with Gasteiger partial charge in [-0.15, -0.1) is 0 Å². The zero-order valence-electron chi connectivity index (χ0n) is 5.02. The molecule has 1 amide bonds. The Kier molecular flexibility index (Phi) is 5.82. The smallest absolute Gasteiger partial charge is 0.207 e. The van der Waals surface area contributed by atoms with Crippen LogP contribution in [0.2, 0.25) is 0 Å². The van der Waals surface area contributed by atoms with Crippen LogP contribution in [0.25, 0.3) is 0 Å². The highest BCUT2D eigenvalue weighted by Gasteiger charge is 1.84. The van der Waals surface area contributed by atoms with E-state index in [1.807, 2.05) is 0 Å². The number of carbonyl (C=O) groups is 1. The summed E-state index contributed by atoms with van der Waals surface area (Å²) in [6.45, 7) is 4.46. The number of rotatable bonds is 5. The Morgan fingerprint density at radius 2 is 2.25 bits per heavy atom. The largest absolute Gasteiger partial charge is 0.359 e. The first-order chi connectivity index (χ1) is 3.91. The minimum atomic E-state index is 0.725. The molecule has 0 atom stereocenters. The van der Waals surface area contributed by atoms with Gasteiger partial charge < -0.3 is 5.32 Å². The summed E-state index contributed by atoms with van der Waals surface area (Å²) < 4.78 is 0. The van der Waals surface area contributed by atoms with Crippen molar-refractivity contribution in [1.29, 1.82) is 0 Å². The second-order valence-corrected chi connectivity index (χ2v) is 1.63. The Morgan fingerprint density at radius 1 is 1.50 bits per heavy atom. The van der Waals surface area contributed by atoms with Crippen molar-refractivity contribution in [3.05, 3.63) is 6.92 Å². The number of nitrogens with one attached hydrogen (secondary N) is 1. The van der Waals surface area contributed by atoms with Crippen LogP contribution < -0.4 is 5.32 Å². The maximum atomic E-state index is 9.64. The van der Waals surface area contributed by atoms with Crippen molar-refractivity contribution in [1.82, 2.24) is 5.32 Å². The van der Waals surface area contributed by atoms with Crippen LogP contribution in [0.4, 0.5) is 0 Å². The Bertz CT molecular complexity index is 54.5. The van der Waals surface area contributed by atoms with Crippen LogP contribution >= 0.6 is 0 Å². The van der Waals surface area contributed by atoms with E-state index >= 15 is 0 Å². The predicted octanol–water partition coefficient (Wildman–Crippen LogP) is 0.737. The zero-order valence-corrected chi connectivity index (χ0v) is 5.02. The van der Waals surface area contributed by atoms with Gasteiger partial charge >= 0.3 is 0 Å². The Labute approximate surface area is 50.3 Å². The molecule has 0 spiro atoms. The molecule has 8 heavy (non-hydrogen) atoms. The van der Waals surface area contributed by atoms with Crippen LogP contribution in [0.3, 0.4) is 0 Å². The van der Waals surface area contributed by atoms with Gasteiger partial charge in [0.15, 0.2) is 0 Å². The Balaban J connectivity index is 2.62. The molecule has 46 valence electrons. The summed E-state index contributed by atoms with van der Waals surface area (Å²) >= 11 is 0. The van der Waals surface area contributed by atoms with Gasteiger partial charge in [0.1, 0.15) is 0 Å². The van der Waals surface area contributed by atoms with Crippen LogP contribution in [0.15, 0.2) is 0 Å². The second-order valence-electron chi connectivity index (χ2n) is 1.63. The monoisotopic (exact) mass is 114 g/mol. The lowest BCUT2D eigenvalue weighted by Gasteiger charge is -1.91. The van der Waals surface area contributed by atoms with E-state index in [-0.39, 0.29) is 0 Å². The summed E-state index contributed by atoms with van der Waals surface area (Å²) in [5.74, 6) is 0. The van der Waals surface area contributed by atoms with Gasteiger partial charge in [-0.1, -0.05) is 0 Å².